The van der Waals surface area contributed by atoms with Gasteiger partial charge in [-0.05, 0) is 6.42 Å². The number of thiazole rings is 1. The van der Waals surface area contributed by atoms with Gasteiger partial charge in [0.2, 0.25) is 0 Å². The second-order valence-electron chi connectivity index (χ2n) is 4.47. The van der Waals surface area contributed by atoms with Crippen molar-refractivity contribution in [3.05, 3.63) is 11.1 Å². The molecule has 1 aliphatic heterocycles. The summed E-state index contributed by atoms with van der Waals surface area (Å²) in [4.78, 5) is 21.3. The topological polar surface area (TPSA) is 68.7 Å². The number of nitrogens with zero attached hydrogens (tertiary/aromatic N) is 3. The van der Waals surface area contributed by atoms with Crippen molar-refractivity contribution < 1.29 is 9.90 Å². The third-order valence-corrected chi connectivity index (χ3v) is 4.25. The van der Waals surface area contributed by atoms with Gasteiger partial charge in [-0.3, -0.25) is 10.2 Å². The Labute approximate surface area is 117 Å². The van der Waals surface area contributed by atoms with E-state index in [9.17, 15) is 4.79 Å². The lowest BCUT2D eigenvalue weighted by atomic mass is 10.3. The van der Waals surface area contributed by atoms with Crippen LogP contribution in [0.3, 0.4) is 0 Å². The van der Waals surface area contributed by atoms with Crippen LogP contribution in [0.15, 0.2) is 6.20 Å². The maximum Gasteiger partial charge on any atom is 0.323 e. The molecule has 6 nitrogen and oxygen atoms in total. The Hall–Kier alpha value is -1.18. The fraction of sp³-hybridized carbons (Fsp3) is 0.667. The van der Waals surface area contributed by atoms with Gasteiger partial charge in [0.25, 0.3) is 0 Å². The summed E-state index contributed by atoms with van der Waals surface area (Å²) in [5, 5.41) is 12.4. The summed E-state index contributed by atoms with van der Waals surface area (Å²) < 4.78 is 0. The zero-order chi connectivity index (χ0) is 13.7. The normalized spacial score (nSPS) is 16.6. The zero-order valence-corrected chi connectivity index (χ0v) is 11.9. The number of nitrogens with one attached hydrogen (secondary N) is 1. The molecule has 106 valence electrons. The highest BCUT2D eigenvalue weighted by molar-refractivity contribution is 7.15. The molecule has 1 saturated heterocycles. The SMILES string of the molecule is CCc1cnc(NC(=O)N2CCN(CCO)CC2)s1. The minimum atomic E-state index is -0.0827. The van der Waals surface area contributed by atoms with Crippen LogP contribution in [0.2, 0.25) is 0 Å². The molecule has 0 saturated carbocycles. The fourth-order valence-corrected chi connectivity index (χ4v) is 2.76. The molecule has 1 aromatic heterocycles. The van der Waals surface area contributed by atoms with Gasteiger partial charge in [-0.2, -0.15) is 0 Å². The number of carbonyl (C=O) groups excluding carboxylic acids is 1. The number of rotatable bonds is 4. The standard InChI is InChI=1S/C12H20N4O2S/c1-2-10-9-13-11(19-10)14-12(18)16-5-3-15(4-6-16)7-8-17/h9,17H,2-8H2,1H3,(H,13,14,18). The second kappa shape index (κ2) is 6.83. The van der Waals surface area contributed by atoms with E-state index < -0.39 is 0 Å². The van der Waals surface area contributed by atoms with Crippen molar-refractivity contribution in [1.82, 2.24) is 14.8 Å². The summed E-state index contributed by atoms with van der Waals surface area (Å²) in [6.07, 6.45) is 2.74. The van der Waals surface area contributed by atoms with Crippen LogP contribution in [0.1, 0.15) is 11.8 Å². The van der Waals surface area contributed by atoms with E-state index in [4.69, 9.17) is 5.11 Å². The molecule has 0 spiro atoms. The number of β-amino-alcohol motifs (C(OH)–C–C–N with tert-alkyl or cyclic N) is 1. The van der Waals surface area contributed by atoms with Gasteiger partial charge in [-0.15, -0.1) is 11.3 Å². The molecule has 2 amide bonds. The van der Waals surface area contributed by atoms with Crippen molar-refractivity contribution in [1.29, 1.82) is 0 Å². The molecule has 2 rings (SSSR count). The maximum atomic E-state index is 12.0. The Bertz CT molecular complexity index is 416. The van der Waals surface area contributed by atoms with Gasteiger partial charge in [0.1, 0.15) is 0 Å². The summed E-state index contributed by atoms with van der Waals surface area (Å²) in [5.41, 5.74) is 0. The molecular weight excluding hydrogens is 264 g/mol. The number of anilines is 1. The number of aromatic nitrogens is 1. The van der Waals surface area contributed by atoms with E-state index in [-0.39, 0.29) is 12.6 Å². The number of hydrogen-bond acceptors (Lipinski definition) is 5. The van der Waals surface area contributed by atoms with Crippen LogP contribution in [-0.2, 0) is 6.42 Å². The van der Waals surface area contributed by atoms with Crippen molar-refractivity contribution >= 4 is 22.5 Å². The lowest BCUT2D eigenvalue weighted by molar-refractivity contribution is 0.127. The summed E-state index contributed by atoms with van der Waals surface area (Å²) >= 11 is 1.52. The molecule has 1 aromatic rings. The second-order valence-corrected chi connectivity index (χ2v) is 5.58. The van der Waals surface area contributed by atoms with Gasteiger partial charge >= 0.3 is 6.03 Å². The van der Waals surface area contributed by atoms with Gasteiger partial charge in [-0.1, -0.05) is 6.92 Å². The molecule has 2 N–H and O–H groups in total. The largest absolute Gasteiger partial charge is 0.395 e. The van der Waals surface area contributed by atoms with Gasteiger partial charge in [0, 0.05) is 43.8 Å². The van der Waals surface area contributed by atoms with Crippen LogP contribution in [0, 0.1) is 0 Å². The van der Waals surface area contributed by atoms with Gasteiger partial charge in [0.15, 0.2) is 5.13 Å². The van der Waals surface area contributed by atoms with Crippen LogP contribution in [0.4, 0.5) is 9.93 Å². The number of aliphatic hydroxyl groups excluding tert-OH is 1. The summed E-state index contributed by atoms with van der Waals surface area (Å²) in [7, 11) is 0. The number of hydrogen-bond donors (Lipinski definition) is 2. The van der Waals surface area contributed by atoms with E-state index in [0.29, 0.717) is 24.8 Å². The molecule has 7 heteroatoms. The molecule has 1 aliphatic rings. The van der Waals surface area contributed by atoms with Crippen molar-refractivity contribution in [3.63, 3.8) is 0 Å². The van der Waals surface area contributed by atoms with E-state index in [0.717, 1.165) is 19.5 Å². The van der Waals surface area contributed by atoms with E-state index in [2.05, 4.69) is 22.1 Å². The van der Waals surface area contributed by atoms with Crippen LogP contribution in [0.25, 0.3) is 0 Å². The number of carbonyl (C=O) groups is 1. The van der Waals surface area contributed by atoms with Gasteiger partial charge < -0.3 is 10.0 Å². The molecular formula is C12H20N4O2S. The zero-order valence-electron chi connectivity index (χ0n) is 11.1. The highest BCUT2D eigenvalue weighted by atomic mass is 32.1. The number of aliphatic hydroxyl groups is 1. The molecule has 0 bridgehead atoms. The van der Waals surface area contributed by atoms with Gasteiger partial charge in [-0.25, -0.2) is 9.78 Å². The van der Waals surface area contributed by atoms with E-state index in [1.54, 1.807) is 11.1 Å². The Morgan fingerprint density at radius 2 is 2.21 bits per heavy atom. The first-order chi connectivity index (χ1) is 9.22. The third kappa shape index (κ3) is 3.89. The quantitative estimate of drug-likeness (QED) is 0.860. The predicted molar refractivity (Wildman–Crippen MR) is 75.6 cm³/mol. The van der Waals surface area contributed by atoms with Crippen molar-refractivity contribution in [3.8, 4) is 0 Å². The number of urea groups is 1. The molecule has 19 heavy (non-hydrogen) atoms. The molecule has 1 fully saturated rings. The minimum absolute atomic E-state index is 0.0827. The first-order valence-corrected chi connectivity index (χ1v) is 7.38. The van der Waals surface area contributed by atoms with Crippen LogP contribution >= 0.6 is 11.3 Å². The smallest absolute Gasteiger partial charge is 0.323 e. The Morgan fingerprint density at radius 1 is 1.47 bits per heavy atom. The number of aryl methyl sites for hydroxylation is 1. The molecule has 0 atom stereocenters. The van der Waals surface area contributed by atoms with Crippen molar-refractivity contribution in [2.24, 2.45) is 0 Å². The Kier molecular flexibility index (Phi) is 5.12. The first kappa shape index (κ1) is 14.2. The fourth-order valence-electron chi connectivity index (χ4n) is 2.02. The van der Waals surface area contributed by atoms with E-state index in [1.807, 2.05) is 0 Å². The monoisotopic (exact) mass is 284 g/mol. The maximum absolute atomic E-state index is 12.0. The molecule has 0 unspecified atom stereocenters. The predicted octanol–water partition coefficient (Wildman–Crippen LogP) is 0.847. The number of amides is 2. The number of piperazine rings is 1. The molecule has 0 aromatic carbocycles. The van der Waals surface area contributed by atoms with Crippen LogP contribution in [-0.4, -0.2) is 65.3 Å². The van der Waals surface area contributed by atoms with E-state index >= 15 is 0 Å². The molecule has 0 aliphatic carbocycles. The lowest BCUT2D eigenvalue weighted by Crippen LogP contribution is -2.50. The first-order valence-electron chi connectivity index (χ1n) is 6.56. The average Bonchev–Trinajstić information content (AvgIpc) is 2.87. The lowest BCUT2D eigenvalue weighted by Gasteiger charge is -2.34. The third-order valence-electron chi connectivity index (χ3n) is 3.19. The highest BCUT2D eigenvalue weighted by Crippen LogP contribution is 2.18. The van der Waals surface area contributed by atoms with Crippen molar-refractivity contribution in [2.75, 3.05) is 44.6 Å². The van der Waals surface area contributed by atoms with E-state index in [1.165, 1.54) is 16.2 Å². The molecule has 0 radical (unpaired) electrons. The minimum Gasteiger partial charge on any atom is -0.395 e. The van der Waals surface area contributed by atoms with Crippen LogP contribution < -0.4 is 5.32 Å². The molecule has 2 heterocycles. The highest BCUT2D eigenvalue weighted by Gasteiger charge is 2.21. The Morgan fingerprint density at radius 3 is 2.79 bits per heavy atom. The summed E-state index contributed by atoms with van der Waals surface area (Å²) in [6, 6.07) is -0.0827. The van der Waals surface area contributed by atoms with Crippen molar-refractivity contribution in [2.45, 2.75) is 13.3 Å². The summed E-state index contributed by atoms with van der Waals surface area (Å²) in [5.74, 6) is 0. The van der Waals surface area contributed by atoms with Gasteiger partial charge in [0.05, 0.1) is 6.61 Å². The average molecular weight is 284 g/mol. The Balaban J connectivity index is 1.81. The van der Waals surface area contributed by atoms with Crippen LogP contribution in [0.5, 0.6) is 0 Å². The summed E-state index contributed by atoms with van der Waals surface area (Å²) in [6.45, 7) is 5.93.